The van der Waals surface area contributed by atoms with Crippen LogP contribution in [0.25, 0.3) is 0 Å². The summed E-state index contributed by atoms with van der Waals surface area (Å²) in [6.07, 6.45) is 0.158. The SMILES string of the molecule is CC1=NOC(n2c(O)ccc2O)C1. The van der Waals surface area contributed by atoms with Crippen LogP contribution in [0.15, 0.2) is 17.3 Å². The molecule has 1 aliphatic heterocycles. The zero-order valence-corrected chi connectivity index (χ0v) is 7.14. The first-order chi connectivity index (χ1) is 6.18. The summed E-state index contributed by atoms with van der Waals surface area (Å²) in [5.41, 5.74) is 0.845. The Morgan fingerprint density at radius 2 is 2.08 bits per heavy atom. The molecule has 0 amide bonds. The summed E-state index contributed by atoms with van der Waals surface area (Å²) >= 11 is 0. The molecule has 0 aromatic carbocycles. The molecule has 13 heavy (non-hydrogen) atoms. The topological polar surface area (TPSA) is 67.0 Å². The number of hydrogen-bond acceptors (Lipinski definition) is 4. The fraction of sp³-hybridized carbons (Fsp3) is 0.375. The van der Waals surface area contributed by atoms with E-state index in [9.17, 15) is 10.2 Å². The molecule has 5 nitrogen and oxygen atoms in total. The molecule has 0 bridgehead atoms. The van der Waals surface area contributed by atoms with Crippen LogP contribution in [-0.4, -0.2) is 20.5 Å². The van der Waals surface area contributed by atoms with Crippen LogP contribution in [0.4, 0.5) is 0 Å². The number of hydrogen-bond donors (Lipinski definition) is 2. The predicted molar refractivity (Wildman–Crippen MR) is 45.6 cm³/mol. The highest BCUT2D eigenvalue weighted by Crippen LogP contribution is 2.31. The minimum absolute atomic E-state index is 0.0209. The number of aromatic nitrogens is 1. The molecule has 2 N–H and O–H groups in total. The Bertz CT molecular complexity index is 337. The molecule has 5 heteroatoms. The second-order valence-corrected chi connectivity index (χ2v) is 3.01. The third-order valence-electron chi connectivity index (χ3n) is 1.96. The molecule has 1 atom stereocenters. The van der Waals surface area contributed by atoms with Crippen molar-refractivity contribution in [3.8, 4) is 11.8 Å². The summed E-state index contributed by atoms with van der Waals surface area (Å²) < 4.78 is 1.29. The molecule has 2 rings (SSSR count). The van der Waals surface area contributed by atoms with Gasteiger partial charge < -0.3 is 15.1 Å². The lowest BCUT2D eigenvalue weighted by Crippen LogP contribution is -2.07. The average Bonchev–Trinajstić information content (AvgIpc) is 2.60. The van der Waals surface area contributed by atoms with Gasteiger partial charge in [0.2, 0.25) is 6.23 Å². The Balaban J connectivity index is 2.27. The summed E-state index contributed by atoms with van der Waals surface area (Å²) in [5, 5.41) is 22.4. The lowest BCUT2D eigenvalue weighted by Gasteiger charge is -2.12. The molecule has 2 heterocycles. The van der Waals surface area contributed by atoms with E-state index >= 15 is 0 Å². The highest BCUT2D eigenvalue weighted by Gasteiger charge is 2.24. The van der Waals surface area contributed by atoms with Crippen LogP contribution < -0.4 is 0 Å². The zero-order chi connectivity index (χ0) is 9.42. The average molecular weight is 182 g/mol. The minimum atomic E-state index is -0.421. The van der Waals surface area contributed by atoms with E-state index in [-0.39, 0.29) is 11.8 Å². The van der Waals surface area contributed by atoms with E-state index in [4.69, 9.17) is 4.84 Å². The lowest BCUT2D eigenvalue weighted by atomic mass is 10.3. The van der Waals surface area contributed by atoms with Gasteiger partial charge in [0.05, 0.1) is 5.71 Å². The van der Waals surface area contributed by atoms with Crippen LogP contribution in [0.2, 0.25) is 0 Å². The second-order valence-electron chi connectivity index (χ2n) is 3.01. The number of aromatic hydroxyl groups is 2. The summed E-state index contributed by atoms with van der Waals surface area (Å²) in [5.74, 6) is -0.0419. The Morgan fingerprint density at radius 3 is 2.54 bits per heavy atom. The molecular formula is C8H10N2O3. The molecule has 1 aliphatic rings. The Morgan fingerprint density at radius 1 is 1.46 bits per heavy atom. The Hall–Kier alpha value is -1.65. The smallest absolute Gasteiger partial charge is 0.214 e. The molecule has 0 fully saturated rings. The van der Waals surface area contributed by atoms with Crippen molar-refractivity contribution >= 4 is 5.71 Å². The van der Waals surface area contributed by atoms with Crippen molar-refractivity contribution in [3.05, 3.63) is 12.1 Å². The molecule has 70 valence electrons. The molecular weight excluding hydrogens is 172 g/mol. The molecule has 1 aromatic heterocycles. The van der Waals surface area contributed by atoms with Crippen LogP contribution in [0.5, 0.6) is 11.8 Å². The summed E-state index contributed by atoms with van der Waals surface area (Å²) in [6, 6.07) is 2.82. The van der Waals surface area contributed by atoms with Crippen molar-refractivity contribution in [2.24, 2.45) is 5.16 Å². The third kappa shape index (κ3) is 1.22. The first-order valence-electron chi connectivity index (χ1n) is 3.97. The van der Waals surface area contributed by atoms with Gasteiger partial charge in [-0.05, 0) is 6.92 Å². The van der Waals surface area contributed by atoms with Crippen LogP contribution in [0, 0.1) is 0 Å². The molecule has 0 aliphatic carbocycles. The minimum Gasteiger partial charge on any atom is -0.494 e. The van der Waals surface area contributed by atoms with Crippen molar-refractivity contribution < 1.29 is 15.1 Å². The summed E-state index contributed by atoms with van der Waals surface area (Å²) in [7, 11) is 0. The van der Waals surface area contributed by atoms with Crippen LogP contribution >= 0.6 is 0 Å². The first-order valence-corrected chi connectivity index (χ1v) is 3.97. The number of nitrogens with zero attached hydrogens (tertiary/aromatic N) is 2. The fourth-order valence-corrected chi connectivity index (χ4v) is 1.34. The maximum Gasteiger partial charge on any atom is 0.214 e. The predicted octanol–water partition coefficient (Wildman–Crippen LogP) is 1.19. The van der Waals surface area contributed by atoms with Gasteiger partial charge in [0.1, 0.15) is 0 Å². The van der Waals surface area contributed by atoms with E-state index < -0.39 is 6.23 Å². The van der Waals surface area contributed by atoms with E-state index in [2.05, 4.69) is 5.16 Å². The van der Waals surface area contributed by atoms with Crippen molar-refractivity contribution in [3.63, 3.8) is 0 Å². The van der Waals surface area contributed by atoms with E-state index in [1.165, 1.54) is 16.7 Å². The van der Waals surface area contributed by atoms with E-state index in [0.29, 0.717) is 6.42 Å². The highest BCUT2D eigenvalue weighted by molar-refractivity contribution is 5.82. The van der Waals surface area contributed by atoms with E-state index in [1.54, 1.807) is 0 Å². The number of oxime groups is 1. The van der Waals surface area contributed by atoms with Crippen molar-refractivity contribution in [1.82, 2.24) is 4.57 Å². The van der Waals surface area contributed by atoms with Crippen LogP contribution in [-0.2, 0) is 4.84 Å². The zero-order valence-electron chi connectivity index (χ0n) is 7.14. The molecule has 1 unspecified atom stereocenters. The van der Waals surface area contributed by atoms with Gasteiger partial charge in [0.15, 0.2) is 11.8 Å². The molecule has 0 saturated carbocycles. The summed E-state index contributed by atoms with van der Waals surface area (Å²) in [4.78, 5) is 5.00. The molecule has 0 radical (unpaired) electrons. The van der Waals surface area contributed by atoms with Crippen molar-refractivity contribution in [1.29, 1.82) is 0 Å². The van der Waals surface area contributed by atoms with Crippen LogP contribution in [0.3, 0.4) is 0 Å². The van der Waals surface area contributed by atoms with Crippen molar-refractivity contribution in [2.75, 3.05) is 0 Å². The number of rotatable bonds is 1. The Kier molecular flexibility index (Phi) is 1.65. The van der Waals surface area contributed by atoms with Gasteiger partial charge in [-0.2, -0.15) is 0 Å². The van der Waals surface area contributed by atoms with Gasteiger partial charge in [0.25, 0.3) is 0 Å². The normalized spacial score (nSPS) is 21.3. The monoisotopic (exact) mass is 182 g/mol. The van der Waals surface area contributed by atoms with Gasteiger partial charge in [-0.25, -0.2) is 4.57 Å². The lowest BCUT2D eigenvalue weighted by molar-refractivity contribution is 0.0225. The summed E-state index contributed by atoms with van der Waals surface area (Å²) in [6.45, 7) is 1.83. The van der Waals surface area contributed by atoms with Gasteiger partial charge >= 0.3 is 0 Å². The second kappa shape index (κ2) is 2.69. The van der Waals surface area contributed by atoms with Gasteiger partial charge in [-0.3, -0.25) is 0 Å². The van der Waals surface area contributed by atoms with Gasteiger partial charge in [-0.1, -0.05) is 5.16 Å². The highest BCUT2D eigenvalue weighted by atomic mass is 16.7. The standard InChI is InChI=1S/C8H10N2O3/c1-5-4-8(13-9-5)10-6(11)2-3-7(10)12/h2-3,8,11-12H,4H2,1H3. The maximum atomic E-state index is 9.35. The molecule has 0 spiro atoms. The Labute approximate surface area is 74.9 Å². The quantitative estimate of drug-likeness (QED) is 0.685. The van der Waals surface area contributed by atoms with E-state index in [1.807, 2.05) is 6.92 Å². The van der Waals surface area contributed by atoms with Crippen LogP contribution in [0.1, 0.15) is 19.6 Å². The molecule has 0 saturated heterocycles. The van der Waals surface area contributed by atoms with Gasteiger partial charge in [0, 0.05) is 18.6 Å². The fourth-order valence-electron chi connectivity index (χ4n) is 1.34. The van der Waals surface area contributed by atoms with E-state index in [0.717, 1.165) is 5.71 Å². The van der Waals surface area contributed by atoms with Crippen molar-refractivity contribution in [2.45, 2.75) is 19.6 Å². The van der Waals surface area contributed by atoms with Gasteiger partial charge in [-0.15, -0.1) is 0 Å². The first kappa shape index (κ1) is 7.97. The largest absolute Gasteiger partial charge is 0.494 e. The molecule has 1 aromatic rings. The third-order valence-corrected chi connectivity index (χ3v) is 1.96. The maximum absolute atomic E-state index is 9.35.